The fourth-order valence-electron chi connectivity index (χ4n) is 3.30. The van der Waals surface area contributed by atoms with E-state index in [1.807, 2.05) is 4.90 Å². The van der Waals surface area contributed by atoms with Crippen molar-refractivity contribution in [2.45, 2.75) is 77.3 Å². The molecule has 0 unspecified atom stereocenters. The molecule has 0 aromatic heterocycles. The van der Waals surface area contributed by atoms with Crippen LogP contribution in [0, 0.1) is 5.92 Å². The van der Waals surface area contributed by atoms with Crippen LogP contribution >= 0.6 is 0 Å². The van der Waals surface area contributed by atoms with Crippen LogP contribution in [0.5, 0.6) is 0 Å². The Bertz CT molecular complexity index is 272. The molecular weight excluding hydrogens is 252 g/mol. The second-order valence-corrected chi connectivity index (χ2v) is 6.10. The highest BCUT2D eigenvalue weighted by Crippen LogP contribution is 2.27. The molecule has 118 valence electrons. The van der Waals surface area contributed by atoms with Gasteiger partial charge in [-0.25, -0.2) is 0 Å². The second kappa shape index (κ2) is 9.35. The molecule has 3 N–H and O–H groups in total. The van der Waals surface area contributed by atoms with E-state index in [9.17, 15) is 4.79 Å². The molecule has 1 fully saturated rings. The predicted molar refractivity (Wildman–Crippen MR) is 82.3 cm³/mol. The Labute approximate surface area is 123 Å². The molecule has 0 bridgehead atoms. The van der Waals surface area contributed by atoms with Crippen molar-refractivity contribution in [1.82, 2.24) is 4.90 Å². The summed E-state index contributed by atoms with van der Waals surface area (Å²) in [6.07, 6.45) is 8.06. The predicted octanol–water partition coefficient (Wildman–Crippen LogP) is 2.29. The minimum atomic E-state index is 0.0561. The van der Waals surface area contributed by atoms with E-state index >= 15 is 0 Å². The van der Waals surface area contributed by atoms with E-state index < -0.39 is 0 Å². The quantitative estimate of drug-likeness (QED) is 0.718. The monoisotopic (exact) mass is 284 g/mol. The molecule has 0 aliphatic heterocycles. The van der Waals surface area contributed by atoms with Crippen molar-refractivity contribution in [2.75, 3.05) is 13.2 Å². The molecule has 0 heterocycles. The van der Waals surface area contributed by atoms with Gasteiger partial charge in [0.15, 0.2) is 0 Å². The first-order valence-electron chi connectivity index (χ1n) is 8.28. The van der Waals surface area contributed by atoms with Crippen molar-refractivity contribution in [3.05, 3.63) is 0 Å². The van der Waals surface area contributed by atoms with Crippen LogP contribution in [-0.4, -0.2) is 41.1 Å². The topological polar surface area (TPSA) is 66.6 Å². The molecule has 4 nitrogen and oxygen atoms in total. The van der Waals surface area contributed by atoms with Crippen LogP contribution in [0.25, 0.3) is 0 Å². The molecule has 1 rings (SSSR count). The number of nitrogens with zero attached hydrogens (tertiary/aromatic N) is 1. The van der Waals surface area contributed by atoms with Gasteiger partial charge in [0.05, 0.1) is 6.61 Å². The summed E-state index contributed by atoms with van der Waals surface area (Å²) in [4.78, 5) is 14.3. The Morgan fingerprint density at radius 3 is 2.35 bits per heavy atom. The molecule has 1 aliphatic carbocycles. The van der Waals surface area contributed by atoms with E-state index in [2.05, 4.69) is 13.8 Å². The van der Waals surface area contributed by atoms with Crippen LogP contribution in [0.3, 0.4) is 0 Å². The van der Waals surface area contributed by atoms with Crippen molar-refractivity contribution in [1.29, 1.82) is 0 Å². The van der Waals surface area contributed by atoms with Crippen molar-refractivity contribution < 1.29 is 9.90 Å². The number of rotatable bonds is 8. The van der Waals surface area contributed by atoms with E-state index in [4.69, 9.17) is 10.8 Å². The summed E-state index contributed by atoms with van der Waals surface area (Å²) in [5.41, 5.74) is 5.91. The summed E-state index contributed by atoms with van der Waals surface area (Å²) in [5.74, 6) is 0.874. The van der Waals surface area contributed by atoms with Gasteiger partial charge in [0, 0.05) is 25.0 Å². The van der Waals surface area contributed by atoms with E-state index in [1.54, 1.807) is 0 Å². The first kappa shape index (κ1) is 17.4. The third kappa shape index (κ3) is 5.41. The van der Waals surface area contributed by atoms with Gasteiger partial charge in [-0.05, 0) is 50.9 Å². The maximum absolute atomic E-state index is 12.4. The smallest absolute Gasteiger partial charge is 0.222 e. The van der Waals surface area contributed by atoms with Gasteiger partial charge in [-0.1, -0.05) is 13.8 Å². The number of aliphatic hydroxyl groups excluding tert-OH is 1. The third-order valence-corrected chi connectivity index (χ3v) is 4.70. The van der Waals surface area contributed by atoms with Gasteiger partial charge in [-0.3, -0.25) is 4.79 Å². The summed E-state index contributed by atoms with van der Waals surface area (Å²) in [5, 5.41) is 9.16. The lowest BCUT2D eigenvalue weighted by molar-refractivity contribution is -0.134. The summed E-state index contributed by atoms with van der Waals surface area (Å²) in [6.45, 7) is 4.74. The summed E-state index contributed by atoms with van der Waals surface area (Å²) >= 11 is 0. The van der Waals surface area contributed by atoms with Gasteiger partial charge in [-0.2, -0.15) is 0 Å². The minimum absolute atomic E-state index is 0.0561. The van der Waals surface area contributed by atoms with Gasteiger partial charge in [-0.15, -0.1) is 0 Å². The first-order valence-corrected chi connectivity index (χ1v) is 8.28. The number of carbonyl (C=O) groups is 1. The SMILES string of the molecule is CCC(CC)N(CCO)C(=O)CCC1CCC(N)CC1. The molecule has 1 aliphatic rings. The summed E-state index contributed by atoms with van der Waals surface area (Å²) in [7, 11) is 0. The van der Waals surface area contributed by atoms with Crippen molar-refractivity contribution in [2.24, 2.45) is 11.7 Å². The molecule has 0 saturated heterocycles. The Morgan fingerprint density at radius 2 is 1.85 bits per heavy atom. The Morgan fingerprint density at radius 1 is 1.25 bits per heavy atom. The number of hydrogen-bond acceptors (Lipinski definition) is 3. The maximum Gasteiger partial charge on any atom is 0.222 e. The lowest BCUT2D eigenvalue weighted by atomic mass is 9.83. The molecule has 0 spiro atoms. The first-order chi connectivity index (χ1) is 9.62. The van der Waals surface area contributed by atoms with Crippen LogP contribution < -0.4 is 5.73 Å². The largest absolute Gasteiger partial charge is 0.395 e. The highest BCUT2D eigenvalue weighted by Gasteiger charge is 2.23. The van der Waals surface area contributed by atoms with E-state index in [-0.39, 0.29) is 18.6 Å². The van der Waals surface area contributed by atoms with Gasteiger partial charge >= 0.3 is 0 Å². The van der Waals surface area contributed by atoms with E-state index in [0.717, 1.165) is 32.1 Å². The number of aliphatic hydroxyl groups is 1. The van der Waals surface area contributed by atoms with Gasteiger partial charge < -0.3 is 15.7 Å². The van der Waals surface area contributed by atoms with Crippen LogP contribution in [0.1, 0.15) is 65.2 Å². The standard InChI is InChI=1S/C16H32N2O2/c1-3-15(4-2)18(11-12-19)16(20)10-7-13-5-8-14(17)9-6-13/h13-15,19H,3-12,17H2,1-2H3. The molecule has 0 atom stereocenters. The van der Waals surface area contributed by atoms with Gasteiger partial charge in [0.2, 0.25) is 5.91 Å². The molecule has 0 aromatic carbocycles. The number of carbonyl (C=O) groups excluding carboxylic acids is 1. The van der Waals surface area contributed by atoms with E-state index in [0.29, 0.717) is 24.9 Å². The van der Waals surface area contributed by atoms with Crippen LogP contribution in [-0.2, 0) is 4.79 Å². The van der Waals surface area contributed by atoms with Crippen molar-refractivity contribution in [3.8, 4) is 0 Å². The molecule has 4 heteroatoms. The molecular formula is C16H32N2O2. The maximum atomic E-state index is 12.4. The molecule has 0 aromatic rings. The zero-order chi connectivity index (χ0) is 15.0. The molecule has 1 amide bonds. The number of amides is 1. The van der Waals surface area contributed by atoms with Crippen LogP contribution in [0.4, 0.5) is 0 Å². The summed E-state index contributed by atoms with van der Waals surface area (Å²) in [6, 6.07) is 0.645. The van der Waals surface area contributed by atoms with Gasteiger partial charge in [0.25, 0.3) is 0 Å². The highest BCUT2D eigenvalue weighted by atomic mass is 16.3. The normalized spacial score (nSPS) is 23.1. The number of hydrogen-bond donors (Lipinski definition) is 2. The van der Waals surface area contributed by atoms with Crippen molar-refractivity contribution >= 4 is 5.91 Å². The lowest BCUT2D eigenvalue weighted by Gasteiger charge is -2.31. The second-order valence-electron chi connectivity index (χ2n) is 6.10. The van der Waals surface area contributed by atoms with Crippen molar-refractivity contribution in [3.63, 3.8) is 0 Å². The molecule has 0 radical (unpaired) electrons. The lowest BCUT2D eigenvalue weighted by Crippen LogP contribution is -2.41. The Balaban J connectivity index is 2.41. The minimum Gasteiger partial charge on any atom is -0.395 e. The third-order valence-electron chi connectivity index (χ3n) is 4.70. The van der Waals surface area contributed by atoms with Crippen LogP contribution in [0.2, 0.25) is 0 Å². The van der Waals surface area contributed by atoms with Crippen LogP contribution in [0.15, 0.2) is 0 Å². The average molecular weight is 284 g/mol. The average Bonchev–Trinajstić information content (AvgIpc) is 2.46. The zero-order valence-corrected chi connectivity index (χ0v) is 13.2. The summed E-state index contributed by atoms with van der Waals surface area (Å²) < 4.78 is 0. The fraction of sp³-hybridized carbons (Fsp3) is 0.938. The van der Waals surface area contributed by atoms with E-state index in [1.165, 1.54) is 12.8 Å². The Hall–Kier alpha value is -0.610. The van der Waals surface area contributed by atoms with Gasteiger partial charge in [0.1, 0.15) is 0 Å². The Kier molecular flexibility index (Phi) is 8.15. The zero-order valence-electron chi connectivity index (χ0n) is 13.2. The highest BCUT2D eigenvalue weighted by molar-refractivity contribution is 5.76. The fourth-order valence-corrected chi connectivity index (χ4v) is 3.30. The molecule has 1 saturated carbocycles. The number of nitrogens with two attached hydrogens (primary N) is 1. The molecule has 20 heavy (non-hydrogen) atoms.